The number of carbonyl (C=O) groups excluding carboxylic acids is 2. The van der Waals surface area contributed by atoms with E-state index in [2.05, 4.69) is 5.32 Å². The molecule has 0 spiro atoms. The number of carbonyl (C=O) groups is 2. The van der Waals surface area contributed by atoms with Crippen molar-refractivity contribution >= 4 is 39.3 Å². The van der Waals surface area contributed by atoms with E-state index in [9.17, 15) is 18.0 Å². The molecule has 3 aliphatic heterocycles. The number of nitrogens with zero attached hydrogens (tertiary/aromatic N) is 2. The number of fused-ring (bicyclic) bond motifs is 1. The lowest BCUT2D eigenvalue weighted by Gasteiger charge is -2.27. The van der Waals surface area contributed by atoms with Crippen LogP contribution in [0.1, 0.15) is 12.8 Å². The van der Waals surface area contributed by atoms with Crippen LogP contribution in [0.5, 0.6) is 5.75 Å². The molecule has 1 aromatic carbocycles. The number of ether oxygens (including phenoxy) is 1. The van der Waals surface area contributed by atoms with Gasteiger partial charge in [-0.15, -0.1) is 11.8 Å². The molecule has 1 N–H and O–H groups in total. The summed E-state index contributed by atoms with van der Waals surface area (Å²) in [5.74, 6) is 0.687. The molecule has 2 amide bonds. The summed E-state index contributed by atoms with van der Waals surface area (Å²) in [5.41, 5.74) is 0.330. The molecule has 0 saturated carbocycles. The van der Waals surface area contributed by atoms with Gasteiger partial charge in [0.2, 0.25) is 15.9 Å². The first-order valence-electron chi connectivity index (χ1n) is 8.42. The van der Waals surface area contributed by atoms with E-state index in [0.29, 0.717) is 30.3 Å². The second-order valence-corrected chi connectivity index (χ2v) is 9.33. The molecule has 0 radical (unpaired) electrons. The van der Waals surface area contributed by atoms with Crippen LogP contribution in [0.4, 0.5) is 5.69 Å². The first-order valence-corrected chi connectivity index (χ1v) is 11.0. The third kappa shape index (κ3) is 3.06. The molecule has 0 unspecified atom stereocenters. The molecule has 8 nitrogen and oxygen atoms in total. The van der Waals surface area contributed by atoms with Crippen LogP contribution in [0.2, 0.25) is 0 Å². The van der Waals surface area contributed by atoms with Gasteiger partial charge < -0.3 is 15.0 Å². The van der Waals surface area contributed by atoms with Gasteiger partial charge in [-0.25, -0.2) is 8.42 Å². The Bertz CT molecular complexity index is 851. The molecular formula is C16H19N3O5S2. The summed E-state index contributed by atoms with van der Waals surface area (Å²) in [5, 5.41) is 2.61. The Morgan fingerprint density at radius 1 is 1.27 bits per heavy atom. The number of rotatable bonds is 3. The van der Waals surface area contributed by atoms with Gasteiger partial charge in [0.1, 0.15) is 11.8 Å². The second kappa shape index (κ2) is 6.75. The van der Waals surface area contributed by atoms with Crippen molar-refractivity contribution in [1.29, 1.82) is 0 Å². The van der Waals surface area contributed by atoms with Gasteiger partial charge >= 0.3 is 0 Å². The Morgan fingerprint density at radius 3 is 2.81 bits per heavy atom. The van der Waals surface area contributed by atoms with E-state index in [1.54, 1.807) is 4.90 Å². The minimum absolute atomic E-state index is 0.0452. The van der Waals surface area contributed by atoms with Crippen molar-refractivity contribution in [3.8, 4) is 5.75 Å². The topological polar surface area (TPSA) is 96.0 Å². The summed E-state index contributed by atoms with van der Waals surface area (Å²) in [6, 6.07) is 3.70. The molecule has 0 bridgehead atoms. The Morgan fingerprint density at radius 2 is 2.04 bits per heavy atom. The van der Waals surface area contributed by atoms with Crippen molar-refractivity contribution < 1.29 is 22.7 Å². The summed E-state index contributed by atoms with van der Waals surface area (Å²) in [6.45, 7) is 1.29. The molecule has 1 atom stereocenters. The first-order chi connectivity index (χ1) is 12.5. The van der Waals surface area contributed by atoms with Crippen LogP contribution in [0.3, 0.4) is 0 Å². The van der Waals surface area contributed by atoms with Gasteiger partial charge in [-0.2, -0.15) is 4.31 Å². The maximum Gasteiger partial charge on any atom is 0.262 e. The highest BCUT2D eigenvalue weighted by molar-refractivity contribution is 8.00. The van der Waals surface area contributed by atoms with Gasteiger partial charge in [0, 0.05) is 18.8 Å². The monoisotopic (exact) mass is 397 g/mol. The molecule has 3 heterocycles. The molecule has 10 heteroatoms. The molecule has 1 aromatic rings. The third-order valence-corrected chi connectivity index (χ3v) is 7.76. The van der Waals surface area contributed by atoms with Crippen molar-refractivity contribution in [3.63, 3.8) is 0 Å². The average Bonchev–Trinajstić information content (AvgIpc) is 3.32. The smallest absolute Gasteiger partial charge is 0.262 e. The predicted octanol–water partition coefficient (Wildman–Crippen LogP) is 0.703. The number of nitrogens with one attached hydrogen (secondary N) is 1. The van der Waals surface area contributed by atoms with Crippen LogP contribution in [0, 0.1) is 0 Å². The molecule has 2 fully saturated rings. The van der Waals surface area contributed by atoms with Gasteiger partial charge in [0.25, 0.3) is 5.91 Å². The largest absolute Gasteiger partial charge is 0.482 e. The van der Waals surface area contributed by atoms with Gasteiger partial charge in [0.15, 0.2) is 6.61 Å². The first kappa shape index (κ1) is 17.6. The SMILES string of the molecule is O=C1COc2ccc(S(=O)(=O)N3CSC[C@@H]3C(=O)N3CCCC3)cc2N1. The Kier molecular flexibility index (Phi) is 4.57. The average molecular weight is 397 g/mol. The van der Waals surface area contributed by atoms with Crippen LogP contribution < -0.4 is 10.1 Å². The Hall–Kier alpha value is -1.78. The van der Waals surface area contributed by atoms with Crippen molar-refractivity contribution in [1.82, 2.24) is 9.21 Å². The van der Waals surface area contributed by atoms with Crippen molar-refractivity contribution in [2.75, 3.05) is 36.6 Å². The normalized spacial score (nSPS) is 23.5. The zero-order chi connectivity index (χ0) is 18.3. The summed E-state index contributed by atoms with van der Waals surface area (Å²) in [4.78, 5) is 26.0. The van der Waals surface area contributed by atoms with Crippen LogP contribution in [-0.4, -0.2) is 66.8 Å². The highest BCUT2D eigenvalue weighted by atomic mass is 32.2. The van der Waals surface area contributed by atoms with E-state index in [0.717, 1.165) is 12.8 Å². The number of hydrogen-bond acceptors (Lipinski definition) is 6. The lowest BCUT2D eigenvalue weighted by molar-refractivity contribution is -0.133. The highest BCUT2D eigenvalue weighted by Gasteiger charge is 2.42. The van der Waals surface area contributed by atoms with E-state index in [1.165, 1.54) is 34.3 Å². The molecule has 0 aliphatic carbocycles. The van der Waals surface area contributed by atoms with Crippen LogP contribution in [-0.2, 0) is 19.6 Å². The van der Waals surface area contributed by atoms with Crippen molar-refractivity contribution in [2.45, 2.75) is 23.8 Å². The fraction of sp³-hybridized carbons (Fsp3) is 0.500. The Balaban J connectivity index is 1.62. The van der Waals surface area contributed by atoms with Crippen molar-refractivity contribution in [3.05, 3.63) is 18.2 Å². The standard InChI is InChI=1S/C16H19N3O5S2/c20-15-8-24-14-4-3-11(7-12(14)17-15)26(22,23)19-10-25-9-13(19)16(21)18-5-1-2-6-18/h3-4,7,13H,1-2,5-6,8-10H2,(H,17,20)/t13-/m1/s1. The molecule has 140 valence electrons. The number of benzene rings is 1. The maximum atomic E-state index is 13.1. The number of amides is 2. The van der Waals surface area contributed by atoms with E-state index in [1.807, 2.05) is 0 Å². The highest BCUT2D eigenvalue weighted by Crippen LogP contribution is 2.34. The van der Waals surface area contributed by atoms with Crippen LogP contribution in [0.15, 0.2) is 23.1 Å². The summed E-state index contributed by atoms with van der Waals surface area (Å²) in [7, 11) is -3.86. The van der Waals surface area contributed by atoms with E-state index < -0.39 is 16.1 Å². The fourth-order valence-corrected chi connectivity index (χ4v) is 6.53. The molecular weight excluding hydrogens is 378 g/mol. The molecule has 26 heavy (non-hydrogen) atoms. The van der Waals surface area contributed by atoms with Gasteiger partial charge in [-0.1, -0.05) is 0 Å². The lowest BCUT2D eigenvalue weighted by Crippen LogP contribution is -2.48. The van der Waals surface area contributed by atoms with Crippen LogP contribution in [0.25, 0.3) is 0 Å². The van der Waals surface area contributed by atoms with Crippen molar-refractivity contribution in [2.24, 2.45) is 0 Å². The lowest BCUT2D eigenvalue weighted by atomic mass is 10.2. The number of likely N-dealkylation sites (tertiary alicyclic amines) is 1. The number of anilines is 1. The zero-order valence-electron chi connectivity index (χ0n) is 14.0. The molecule has 3 aliphatic rings. The minimum atomic E-state index is -3.86. The van der Waals surface area contributed by atoms with Gasteiger partial charge in [-0.05, 0) is 31.0 Å². The quantitative estimate of drug-likeness (QED) is 0.807. The summed E-state index contributed by atoms with van der Waals surface area (Å²) < 4.78 is 32.8. The van der Waals surface area contributed by atoms with E-state index >= 15 is 0 Å². The molecule has 0 aromatic heterocycles. The number of thioether (sulfide) groups is 1. The van der Waals surface area contributed by atoms with E-state index in [-0.39, 0.29) is 29.2 Å². The fourth-order valence-electron chi connectivity index (χ4n) is 3.37. The third-order valence-electron chi connectivity index (χ3n) is 4.74. The summed E-state index contributed by atoms with van der Waals surface area (Å²) in [6.07, 6.45) is 1.92. The zero-order valence-corrected chi connectivity index (χ0v) is 15.6. The van der Waals surface area contributed by atoms with Crippen LogP contribution >= 0.6 is 11.8 Å². The predicted molar refractivity (Wildman–Crippen MR) is 96.5 cm³/mol. The van der Waals surface area contributed by atoms with Gasteiger partial charge in [-0.3, -0.25) is 9.59 Å². The van der Waals surface area contributed by atoms with E-state index in [4.69, 9.17) is 4.74 Å². The minimum Gasteiger partial charge on any atom is -0.482 e. The second-order valence-electron chi connectivity index (χ2n) is 6.44. The number of hydrogen-bond donors (Lipinski definition) is 1. The maximum absolute atomic E-state index is 13.1. The summed E-state index contributed by atoms with van der Waals surface area (Å²) >= 11 is 1.43. The molecule has 2 saturated heterocycles. The van der Waals surface area contributed by atoms with Gasteiger partial charge in [0.05, 0.1) is 16.5 Å². The molecule has 4 rings (SSSR count). The Labute approximate surface area is 155 Å². The number of sulfonamides is 1.